The van der Waals surface area contributed by atoms with Crippen molar-refractivity contribution in [2.75, 3.05) is 36.8 Å². The van der Waals surface area contributed by atoms with Crippen LogP contribution in [0.25, 0.3) is 11.3 Å². The average Bonchev–Trinajstić information content (AvgIpc) is 3.16. The van der Waals surface area contributed by atoms with Gasteiger partial charge in [0, 0.05) is 30.1 Å². The van der Waals surface area contributed by atoms with Crippen LogP contribution in [0.4, 0.5) is 21.9 Å². The number of fused-ring (bicyclic) bond motifs is 1. The average molecular weight is 444 g/mol. The third-order valence-corrected chi connectivity index (χ3v) is 5.44. The molecular formula is C25H24N4O4. The minimum absolute atomic E-state index is 0.239. The fourth-order valence-corrected chi connectivity index (χ4v) is 3.67. The van der Waals surface area contributed by atoms with Crippen molar-refractivity contribution in [3.8, 4) is 11.5 Å². The molecule has 4 rings (SSSR count). The molecule has 0 aromatic heterocycles. The summed E-state index contributed by atoms with van der Waals surface area (Å²) in [7, 11) is 4.70. The molecule has 1 aliphatic rings. The summed E-state index contributed by atoms with van der Waals surface area (Å²) in [5, 5.41) is 6.30. The van der Waals surface area contributed by atoms with Gasteiger partial charge in [0.1, 0.15) is 0 Å². The highest BCUT2D eigenvalue weighted by molar-refractivity contribution is 6.37. The first-order valence-corrected chi connectivity index (χ1v) is 10.2. The smallest absolute Gasteiger partial charge is 0.318 e. The number of carbonyl (C=O) groups is 2. The van der Waals surface area contributed by atoms with Gasteiger partial charge in [-0.25, -0.2) is 4.79 Å². The van der Waals surface area contributed by atoms with Gasteiger partial charge in [-0.05, 0) is 35.9 Å². The molecule has 8 nitrogen and oxygen atoms in total. The lowest BCUT2D eigenvalue weighted by Gasteiger charge is -2.17. The van der Waals surface area contributed by atoms with E-state index in [9.17, 15) is 9.59 Å². The van der Waals surface area contributed by atoms with Crippen molar-refractivity contribution < 1.29 is 19.1 Å². The summed E-state index contributed by atoms with van der Waals surface area (Å²) in [6, 6.07) is 19.8. The third-order valence-electron chi connectivity index (χ3n) is 5.44. The monoisotopic (exact) mass is 444 g/mol. The molecule has 0 bridgehead atoms. The molecule has 0 radical (unpaired) electrons. The van der Waals surface area contributed by atoms with E-state index < -0.39 is 6.03 Å². The second kappa shape index (κ2) is 8.96. The Morgan fingerprint density at radius 2 is 1.61 bits per heavy atom. The van der Waals surface area contributed by atoms with Gasteiger partial charge < -0.3 is 25.8 Å². The molecule has 1 aliphatic heterocycles. The standard InChI is InChI=1S/C25H24N4O4/c1-29(25(26)31)17-11-9-16(10-12-17)27-23(15-7-5-4-6-8-15)22-18-13-20(32-2)21(33-3)14-19(18)28-24(22)30/h4-14,27H,1-3H3,(H2,26,31)(H,28,30)/b23-22-. The first-order chi connectivity index (χ1) is 15.9. The number of urea groups is 1. The summed E-state index contributed by atoms with van der Waals surface area (Å²) in [6.07, 6.45) is 0. The lowest BCUT2D eigenvalue weighted by molar-refractivity contribution is -0.110. The van der Waals surface area contributed by atoms with Crippen LogP contribution < -0.4 is 30.7 Å². The quantitative estimate of drug-likeness (QED) is 0.495. The molecule has 1 heterocycles. The Balaban J connectivity index is 1.83. The van der Waals surface area contributed by atoms with Gasteiger partial charge in [-0.1, -0.05) is 30.3 Å². The number of primary amides is 1. The fourth-order valence-electron chi connectivity index (χ4n) is 3.67. The topological polar surface area (TPSA) is 106 Å². The zero-order valence-corrected chi connectivity index (χ0v) is 18.5. The highest BCUT2D eigenvalue weighted by Gasteiger charge is 2.30. The highest BCUT2D eigenvalue weighted by Crippen LogP contribution is 2.43. The van der Waals surface area contributed by atoms with Gasteiger partial charge >= 0.3 is 6.03 Å². The molecule has 0 unspecified atom stereocenters. The van der Waals surface area contributed by atoms with Gasteiger partial charge in [-0.2, -0.15) is 0 Å². The third kappa shape index (κ3) is 4.18. The maximum Gasteiger partial charge on any atom is 0.318 e. The maximum absolute atomic E-state index is 13.1. The van der Waals surface area contributed by atoms with E-state index in [0.29, 0.717) is 39.7 Å². The summed E-state index contributed by atoms with van der Waals surface area (Å²) >= 11 is 0. The van der Waals surface area contributed by atoms with Gasteiger partial charge in [0.05, 0.1) is 31.2 Å². The van der Waals surface area contributed by atoms with Crippen molar-refractivity contribution in [3.05, 3.63) is 77.9 Å². The number of nitrogens with zero attached hydrogens (tertiary/aromatic N) is 1. The number of nitrogens with two attached hydrogens (primary N) is 1. The molecule has 168 valence electrons. The summed E-state index contributed by atoms with van der Waals surface area (Å²) in [5.74, 6) is 0.814. The largest absolute Gasteiger partial charge is 0.493 e. The van der Waals surface area contributed by atoms with Crippen LogP contribution in [0.2, 0.25) is 0 Å². The number of rotatable bonds is 6. The molecule has 4 N–H and O–H groups in total. The van der Waals surface area contributed by atoms with Crippen LogP contribution in [-0.2, 0) is 4.79 Å². The van der Waals surface area contributed by atoms with E-state index in [1.165, 1.54) is 4.90 Å². The Hall–Kier alpha value is -4.46. The number of amides is 3. The molecule has 3 aromatic rings. The molecular weight excluding hydrogens is 420 g/mol. The molecule has 0 saturated heterocycles. The van der Waals surface area contributed by atoms with E-state index >= 15 is 0 Å². The number of benzene rings is 3. The van der Waals surface area contributed by atoms with Crippen molar-refractivity contribution >= 4 is 40.3 Å². The number of ether oxygens (including phenoxy) is 2. The number of hydrogen-bond donors (Lipinski definition) is 3. The summed E-state index contributed by atoms with van der Waals surface area (Å²) in [6.45, 7) is 0. The Morgan fingerprint density at radius 3 is 2.21 bits per heavy atom. The lowest BCUT2D eigenvalue weighted by atomic mass is 9.99. The zero-order valence-electron chi connectivity index (χ0n) is 18.5. The maximum atomic E-state index is 13.1. The van der Waals surface area contributed by atoms with E-state index in [1.807, 2.05) is 42.5 Å². The predicted octanol–water partition coefficient (Wildman–Crippen LogP) is 4.15. The number of hydrogen-bond acceptors (Lipinski definition) is 5. The molecule has 0 saturated carbocycles. The first-order valence-electron chi connectivity index (χ1n) is 10.2. The lowest BCUT2D eigenvalue weighted by Crippen LogP contribution is -2.31. The van der Waals surface area contributed by atoms with Crippen molar-refractivity contribution in [1.82, 2.24) is 0 Å². The van der Waals surface area contributed by atoms with Crippen LogP contribution in [0.15, 0.2) is 66.7 Å². The van der Waals surface area contributed by atoms with Crippen LogP contribution in [-0.4, -0.2) is 33.2 Å². The second-order valence-corrected chi connectivity index (χ2v) is 7.39. The van der Waals surface area contributed by atoms with E-state index in [1.54, 1.807) is 45.5 Å². The van der Waals surface area contributed by atoms with Crippen LogP contribution >= 0.6 is 0 Å². The molecule has 33 heavy (non-hydrogen) atoms. The van der Waals surface area contributed by atoms with Gasteiger partial charge in [0.2, 0.25) is 0 Å². The van der Waals surface area contributed by atoms with Crippen molar-refractivity contribution in [2.24, 2.45) is 5.73 Å². The number of carbonyl (C=O) groups excluding carboxylic acids is 2. The Labute approximate surface area is 191 Å². The van der Waals surface area contributed by atoms with Crippen LogP contribution in [0.1, 0.15) is 11.1 Å². The summed E-state index contributed by atoms with van der Waals surface area (Å²) in [4.78, 5) is 25.9. The highest BCUT2D eigenvalue weighted by atomic mass is 16.5. The summed E-state index contributed by atoms with van der Waals surface area (Å²) in [5.41, 5.74) is 10.0. The molecule has 0 spiro atoms. The van der Waals surface area contributed by atoms with E-state index in [-0.39, 0.29) is 5.91 Å². The van der Waals surface area contributed by atoms with Gasteiger partial charge in [-0.3, -0.25) is 9.69 Å². The Morgan fingerprint density at radius 1 is 0.970 bits per heavy atom. The molecule has 3 amide bonds. The van der Waals surface area contributed by atoms with E-state index in [0.717, 1.165) is 11.3 Å². The van der Waals surface area contributed by atoms with E-state index in [4.69, 9.17) is 15.2 Å². The molecule has 0 fully saturated rings. The Bertz CT molecular complexity index is 1240. The fraction of sp³-hybridized carbons (Fsp3) is 0.120. The van der Waals surface area contributed by atoms with Crippen LogP contribution in [0.5, 0.6) is 11.5 Å². The summed E-state index contributed by atoms with van der Waals surface area (Å²) < 4.78 is 10.8. The van der Waals surface area contributed by atoms with Gasteiger partial charge in [-0.15, -0.1) is 0 Å². The van der Waals surface area contributed by atoms with E-state index in [2.05, 4.69) is 10.6 Å². The molecule has 0 atom stereocenters. The number of methoxy groups -OCH3 is 2. The predicted molar refractivity (Wildman–Crippen MR) is 129 cm³/mol. The molecule has 3 aromatic carbocycles. The second-order valence-electron chi connectivity index (χ2n) is 7.39. The minimum Gasteiger partial charge on any atom is -0.493 e. The zero-order chi connectivity index (χ0) is 23.5. The van der Waals surface area contributed by atoms with Crippen molar-refractivity contribution in [1.29, 1.82) is 0 Å². The normalized spacial score (nSPS) is 13.6. The molecule has 8 heteroatoms. The van der Waals surface area contributed by atoms with Gasteiger partial charge in [0.25, 0.3) is 5.91 Å². The SMILES string of the molecule is COc1cc2c(cc1OC)/C(=C(/Nc1ccc(N(C)C(N)=O)cc1)c1ccccc1)C(=O)N2. The Kier molecular flexibility index (Phi) is 5.91. The first kappa shape index (κ1) is 21.8. The van der Waals surface area contributed by atoms with Crippen molar-refractivity contribution in [2.45, 2.75) is 0 Å². The van der Waals surface area contributed by atoms with Crippen LogP contribution in [0.3, 0.4) is 0 Å². The minimum atomic E-state index is -0.550. The van der Waals surface area contributed by atoms with Crippen molar-refractivity contribution in [3.63, 3.8) is 0 Å². The van der Waals surface area contributed by atoms with Gasteiger partial charge in [0.15, 0.2) is 11.5 Å². The molecule has 0 aliphatic carbocycles. The van der Waals surface area contributed by atoms with Crippen LogP contribution in [0, 0.1) is 0 Å². The number of anilines is 3. The number of nitrogens with one attached hydrogen (secondary N) is 2.